The molecule has 0 atom stereocenters. The molecule has 0 aliphatic heterocycles. The van der Waals surface area contributed by atoms with Crippen molar-refractivity contribution in [3.8, 4) is 6.07 Å². The highest BCUT2D eigenvalue weighted by Gasteiger charge is 2.17. The highest BCUT2D eigenvalue weighted by molar-refractivity contribution is 7.94. The minimum Gasteiger partial charge on any atom is -0.384 e. The highest BCUT2D eigenvalue weighted by atomic mass is 32.2. The summed E-state index contributed by atoms with van der Waals surface area (Å²) in [4.78, 5) is 4.12. The standard InChI is InChI=1S/C10H8N4O2S2/c11-5-8-2-4-10(17-8)18(15,16)14-7-1-3-9(12)13-6-7/h1-4,6,14H,(H2,12,13). The molecular formula is C10H8N4O2S2. The van der Waals surface area contributed by atoms with Gasteiger partial charge >= 0.3 is 0 Å². The molecule has 0 saturated heterocycles. The second kappa shape index (κ2) is 4.64. The Balaban J connectivity index is 2.27. The zero-order chi connectivity index (χ0) is 13.2. The predicted molar refractivity (Wildman–Crippen MR) is 68.5 cm³/mol. The molecule has 2 heterocycles. The van der Waals surface area contributed by atoms with Crippen LogP contribution < -0.4 is 10.5 Å². The van der Waals surface area contributed by atoms with Crippen molar-refractivity contribution in [2.45, 2.75) is 4.21 Å². The summed E-state index contributed by atoms with van der Waals surface area (Å²) in [7, 11) is -3.68. The summed E-state index contributed by atoms with van der Waals surface area (Å²) in [5, 5.41) is 8.66. The topological polar surface area (TPSA) is 109 Å². The molecule has 0 bridgehead atoms. The van der Waals surface area contributed by atoms with E-state index in [1.54, 1.807) is 0 Å². The molecule has 0 saturated carbocycles. The first kappa shape index (κ1) is 12.3. The Kier molecular flexibility index (Phi) is 3.18. The zero-order valence-corrected chi connectivity index (χ0v) is 10.6. The number of aromatic nitrogens is 1. The lowest BCUT2D eigenvalue weighted by atomic mass is 10.4. The minimum atomic E-state index is -3.68. The quantitative estimate of drug-likeness (QED) is 0.883. The number of pyridine rings is 1. The van der Waals surface area contributed by atoms with E-state index in [9.17, 15) is 8.42 Å². The fourth-order valence-corrected chi connectivity index (χ4v) is 3.34. The van der Waals surface area contributed by atoms with Crippen LogP contribution in [0.25, 0.3) is 0 Å². The van der Waals surface area contributed by atoms with Gasteiger partial charge in [0.05, 0.1) is 11.9 Å². The maximum absolute atomic E-state index is 11.9. The van der Waals surface area contributed by atoms with Crippen LogP contribution in [0.15, 0.2) is 34.7 Å². The van der Waals surface area contributed by atoms with Crippen LogP contribution >= 0.6 is 11.3 Å². The lowest BCUT2D eigenvalue weighted by Gasteiger charge is -2.05. The number of rotatable bonds is 3. The predicted octanol–water partition coefficient (Wildman–Crippen LogP) is 1.40. The van der Waals surface area contributed by atoms with Crippen LogP contribution in [-0.4, -0.2) is 13.4 Å². The molecule has 0 aliphatic rings. The van der Waals surface area contributed by atoms with E-state index in [1.165, 1.54) is 30.5 Å². The average Bonchev–Trinajstić information content (AvgIpc) is 2.81. The molecule has 2 aromatic rings. The van der Waals surface area contributed by atoms with Crippen molar-refractivity contribution in [3.63, 3.8) is 0 Å². The van der Waals surface area contributed by atoms with Gasteiger partial charge in [-0.1, -0.05) is 0 Å². The molecule has 3 N–H and O–H groups in total. The Hall–Kier alpha value is -2.11. The van der Waals surface area contributed by atoms with E-state index in [0.29, 0.717) is 16.4 Å². The number of hydrogen-bond donors (Lipinski definition) is 2. The summed E-state index contributed by atoms with van der Waals surface area (Å²) in [6.45, 7) is 0. The van der Waals surface area contributed by atoms with Gasteiger partial charge in [0.25, 0.3) is 10.0 Å². The van der Waals surface area contributed by atoms with Gasteiger partial charge in [0.1, 0.15) is 21.0 Å². The molecule has 0 fully saturated rings. The molecule has 0 amide bonds. The molecule has 18 heavy (non-hydrogen) atoms. The molecule has 0 spiro atoms. The second-order valence-electron chi connectivity index (χ2n) is 3.31. The second-order valence-corrected chi connectivity index (χ2v) is 6.30. The molecule has 8 heteroatoms. The van der Waals surface area contributed by atoms with Gasteiger partial charge in [-0.15, -0.1) is 11.3 Å². The van der Waals surface area contributed by atoms with Gasteiger partial charge < -0.3 is 5.73 Å². The number of nitrogen functional groups attached to an aromatic ring is 1. The number of nitriles is 1. The Morgan fingerprint density at radius 1 is 1.33 bits per heavy atom. The third-order valence-electron chi connectivity index (χ3n) is 1.99. The third-order valence-corrected chi connectivity index (χ3v) is 4.86. The van der Waals surface area contributed by atoms with Gasteiger partial charge in [-0.2, -0.15) is 5.26 Å². The highest BCUT2D eigenvalue weighted by Crippen LogP contribution is 2.23. The summed E-state index contributed by atoms with van der Waals surface area (Å²) >= 11 is 0.906. The van der Waals surface area contributed by atoms with Crippen LogP contribution in [-0.2, 0) is 10.0 Å². The molecule has 0 aromatic carbocycles. The molecule has 6 nitrogen and oxygen atoms in total. The maximum atomic E-state index is 11.9. The number of thiophene rings is 1. The fraction of sp³-hybridized carbons (Fsp3) is 0. The summed E-state index contributed by atoms with van der Waals surface area (Å²) in [6.07, 6.45) is 1.33. The van der Waals surface area contributed by atoms with E-state index < -0.39 is 10.0 Å². The van der Waals surface area contributed by atoms with Crippen molar-refractivity contribution in [3.05, 3.63) is 35.3 Å². The van der Waals surface area contributed by atoms with E-state index in [-0.39, 0.29) is 4.21 Å². The third kappa shape index (κ3) is 2.58. The monoisotopic (exact) mass is 280 g/mol. The van der Waals surface area contributed by atoms with Crippen molar-refractivity contribution in [2.75, 3.05) is 10.5 Å². The van der Waals surface area contributed by atoms with Crippen LogP contribution in [0.2, 0.25) is 0 Å². The van der Waals surface area contributed by atoms with Gasteiger partial charge in [0.15, 0.2) is 0 Å². The molecule has 0 radical (unpaired) electrons. The van der Waals surface area contributed by atoms with Crippen molar-refractivity contribution < 1.29 is 8.42 Å². The van der Waals surface area contributed by atoms with Crippen molar-refractivity contribution in [2.24, 2.45) is 0 Å². The number of nitrogens with one attached hydrogen (secondary N) is 1. The number of nitrogens with two attached hydrogens (primary N) is 1. The SMILES string of the molecule is N#Cc1ccc(S(=O)(=O)Nc2ccc(N)nc2)s1. The van der Waals surface area contributed by atoms with Crippen LogP contribution in [0.5, 0.6) is 0 Å². The van der Waals surface area contributed by atoms with Crippen LogP contribution in [0.3, 0.4) is 0 Å². The molecular weight excluding hydrogens is 272 g/mol. The first-order valence-electron chi connectivity index (χ1n) is 4.75. The van der Waals surface area contributed by atoms with Gasteiger partial charge in [-0.3, -0.25) is 4.72 Å². The Morgan fingerprint density at radius 3 is 2.67 bits per heavy atom. The summed E-state index contributed by atoms with van der Waals surface area (Å²) in [6, 6.07) is 7.74. The lowest BCUT2D eigenvalue weighted by molar-refractivity contribution is 0.603. The summed E-state index contributed by atoms with van der Waals surface area (Å²) in [5.74, 6) is 0.306. The van der Waals surface area contributed by atoms with Gasteiger partial charge in [0, 0.05) is 0 Å². The average molecular weight is 280 g/mol. The Bertz CT molecular complexity index is 698. The molecule has 2 aromatic heterocycles. The van der Waals surface area contributed by atoms with E-state index in [2.05, 4.69) is 9.71 Å². The van der Waals surface area contributed by atoms with Crippen LogP contribution in [0.1, 0.15) is 4.88 Å². The number of anilines is 2. The Labute approximate surface area is 108 Å². The normalized spacial score (nSPS) is 10.8. The minimum absolute atomic E-state index is 0.0795. The number of hydrogen-bond acceptors (Lipinski definition) is 6. The summed E-state index contributed by atoms with van der Waals surface area (Å²) in [5.41, 5.74) is 5.72. The maximum Gasteiger partial charge on any atom is 0.271 e. The first-order chi connectivity index (χ1) is 8.51. The zero-order valence-electron chi connectivity index (χ0n) is 8.99. The fourth-order valence-electron chi connectivity index (χ4n) is 1.20. The number of nitrogens with zero attached hydrogens (tertiary/aromatic N) is 2. The number of sulfonamides is 1. The van der Waals surface area contributed by atoms with Crippen molar-refractivity contribution in [1.29, 1.82) is 5.26 Å². The molecule has 0 unspecified atom stereocenters. The molecule has 0 aliphatic carbocycles. The first-order valence-corrected chi connectivity index (χ1v) is 7.05. The molecule has 2 rings (SSSR count). The van der Waals surface area contributed by atoms with E-state index >= 15 is 0 Å². The van der Waals surface area contributed by atoms with Crippen LogP contribution in [0.4, 0.5) is 11.5 Å². The van der Waals surface area contributed by atoms with E-state index in [4.69, 9.17) is 11.0 Å². The van der Waals surface area contributed by atoms with Gasteiger partial charge in [-0.25, -0.2) is 13.4 Å². The van der Waals surface area contributed by atoms with E-state index in [0.717, 1.165) is 11.3 Å². The van der Waals surface area contributed by atoms with Gasteiger partial charge in [-0.05, 0) is 24.3 Å². The molecule has 92 valence electrons. The van der Waals surface area contributed by atoms with Crippen molar-refractivity contribution in [1.82, 2.24) is 4.98 Å². The Morgan fingerprint density at radius 2 is 2.11 bits per heavy atom. The lowest BCUT2D eigenvalue weighted by Crippen LogP contribution is -2.11. The smallest absolute Gasteiger partial charge is 0.271 e. The largest absolute Gasteiger partial charge is 0.384 e. The van der Waals surface area contributed by atoms with Crippen LogP contribution in [0, 0.1) is 11.3 Å². The summed E-state index contributed by atoms with van der Waals surface area (Å²) < 4.78 is 26.3. The van der Waals surface area contributed by atoms with Crippen molar-refractivity contribution >= 4 is 32.9 Å². The van der Waals surface area contributed by atoms with Gasteiger partial charge in [0.2, 0.25) is 0 Å². The van der Waals surface area contributed by atoms with E-state index in [1.807, 2.05) is 6.07 Å².